The van der Waals surface area contributed by atoms with Crippen LogP contribution in [0.4, 0.5) is 0 Å². The van der Waals surface area contributed by atoms with E-state index in [4.69, 9.17) is 0 Å². The zero-order valence-corrected chi connectivity index (χ0v) is 22.4. The quantitative estimate of drug-likeness (QED) is 0.508. The van der Waals surface area contributed by atoms with Gasteiger partial charge in [-0.25, -0.2) is 0 Å². The van der Waals surface area contributed by atoms with Crippen molar-refractivity contribution in [2.24, 2.45) is 5.92 Å². The summed E-state index contributed by atoms with van der Waals surface area (Å²) in [6.45, 7) is 26.2. The number of hydrogen-bond donors (Lipinski definition) is 3. The number of benzene rings is 1. The van der Waals surface area contributed by atoms with Gasteiger partial charge in [-0.3, -0.25) is 0 Å². The normalized spacial score (nSPS) is 11.8. The molecule has 0 unspecified atom stereocenters. The summed E-state index contributed by atoms with van der Waals surface area (Å²) in [5.41, 5.74) is 3.23. The summed E-state index contributed by atoms with van der Waals surface area (Å²) in [5, 5.41) is 24.6. The van der Waals surface area contributed by atoms with Gasteiger partial charge in [-0.05, 0) is 5.92 Å². The van der Waals surface area contributed by atoms with Crippen molar-refractivity contribution in [1.29, 1.82) is 0 Å². The summed E-state index contributed by atoms with van der Waals surface area (Å²) in [6.07, 6.45) is 4.11. The molecule has 0 aliphatic carbocycles. The monoisotopic (exact) mass is 455 g/mol. The smallest absolute Gasteiger partial charge is 0.0500 e. The summed E-state index contributed by atoms with van der Waals surface area (Å²) in [7, 11) is 0. The summed E-state index contributed by atoms with van der Waals surface area (Å²) in [4.78, 5) is 4.62. The molecule has 33 heavy (non-hydrogen) atoms. The second-order valence-corrected chi connectivity index (χ2v) is 8.86. The van der Waals surface area contributed by atoms with Crippen molar-refractivity contribution < 1.29 is 10.2 Å². The average Bonchev–Trinajstić information content (AvgIpc) is 3.10. The van der Waals surface area contributed by atoms with Gasteiger partial charge in [0, 0.05) is 0 Å². The Morgan fingerprint density at radius 1 is 1.09 bits per heavy atom. The maximum atomic E-state index is 9.71. The molecule has 1 aromatic carbocycles. The van der Waals surface area contributed by atoms with E-state index < -0.39 is 0 Å². The topological polar surface area (TPSA) is 70.3 Å². The van der Waals surface area contributed by atoms with Crippen molar-refractivity contribution in [1.82, 2.24) is 14.9 Å². The molecule has 0 amide bonds. The van der Waals surface area contributed by atoms with Crippen LogP contribution in [0.3, 0.4) is 0 Å². The standard InChI is InChI=1S/C21H30BN3O2.C4H10.C2H6/c1-6-23-16(5)22-12-18(21-15(4)25(13-24-21)14(2)3)8-7-17-9-19(26)11-20(27)10-17;1-4(2)3;1-2/h9-11,13-14,23,26-27H,4,6-8,12H2,1-3,5H3;4H,1-3H3;1-2H3/b21-18+;;. The molecule has 3 N–H and O–H groups in total. The first-order valence-electron chi connectivity index (χ1n) is 12.2. The van der Waals surface area contributed by atoms with E-state index in [1.54, 1.807) is 12.1 Å². The fraction of sp³-hybridized carbons (Fsp3) is 0.556. The molecule has 0 radical (unpaired) electrons. The molecule has 0 bridgehead atoms. The first-order valence-corrected chi connectivity index (χ1v) is 12.2. The maximum Gasteiger partial charge on any atom is -0.0500 e. The Bertz CT molecular complexity index is 939. The number of imidazole rings is 1. The molecule has 0 aliphatic rings. The number of hydrogen-bond acceptors (Lipinski definition) is 4. The van der Waals surface area contributed by atoms with E-state index in [1.165, 1.54) is 11.6 Å². The Labute approximate surface area is 202 Å². The number of phenols is 2. The van der Waals surface area contributed by atoms with Crippen LogP contribution in [-0.2, 0) is 6.42 Å². The molecule has 0 fully saturated rings. The number of aromatic hydroxyl groups is 2. The molecule has 2 rings (SSSR count). The second kappa shape index (κ2) is 16.2. The molecule has 184 valence electrons. The third kappa shape index (κ3) is 11.8. The van der Waals surface area contributed by atoms with Gasteiger partial charge in [-0.2, -0.15) is 0 Å². The van der Waals surface area contributed by atoms with Crippen LogP contribution in [0, 0.1) is 5.92 Å². The molecule has 6 heteroatoms. The summed E-state index contributed by atoms with van der Waals surface area (Å²) >= 11 is 0. The van der Waals surface area contributed by atoms with E-state index in [0.29, 0.717) is 12.5 Å². The number of rotatable bonds is 8. The Morgan fingerprint density at radius 3 is 2.09 bits per heavy atom. The van der Waals surface area contributed by atoms with E-state index in [1.807, 2.05) is 20.2 Å². The summed E-state index contributed by atoms with van der Waals surface area (Å²) < 4.78 is 2.08. The van der Waals surface area contributed by atoms with Crippen molar-refractivity contribution in [3.8, 4) is 11.5 Å². The maximum absolute atomic E-state index is 9.71. The first kappa shape index (κ1) is 30.5. The average molecular weight is 455 g/mol. The van der Waals surface area contributed by atoms with Crippen LogP contribution in [0.2, 0.25) is 6.32 Å². The number of aromatic nitrogens is 2. The minimum Gasteiger partial charge on any atom is -0.0683 e. The van der Waals surface area contributed by atoms with Crippen LogP contribution >= 0.6 is 0 Å². The van der Waals surface area contributed by atoms with Crippen LogP contribution in [0.5, 0.6) is 11.5 Å². The molecular formula is C27H46BN3O2. The van der Waals surface area contributed by atoms with Crippen molar-refractivity contribution in [2.75, 3.05) is 6.54 Å². The van der Waals surface area contributed by atoms with Crippen molar-refractivity contribution >= 4 is 24.7 Å². The first-order chi connectivity index (χ1) is 15.5. The van der Waals surface area contributed by atoms with E-state index in [-0.39, 0.29) is 11.5 Å². The Hall–Kier alpha value is -2.50. The van der Waals surface area contributed by atoms with Gasteiger partial charge in [0.15, 0.2) is 0 Å². The molecule has 0 spiro atoms. The van der Waals surface area contributed by atoms with Crippen molar-refractivity contribution in [3.05, 3.63) is 40.8 Å². The van der Waals surface area contributed by atoms with Crippen molar-refractivity contribution in [3.63, 3.8) is 0 Å². The van der Waals surface area contributed by atoms with E-state index in [2.05, 4.69) is 76.8 Å². The van der Waals surface area contributed by atoms with Gasteiger partial charge in [0.05, 0.1) is 0 Å². The predicted molar refractivity (Wildman–Crippen MR) is 146 cm³/mol. The molecular weight excluding hydrogens is 409 g/mol. The third-order valence-electron chi connectivity index (χ3n) is 4.58. The van der Waals surface area contributed by atoms with Gasteiger partial charge in [0.2, 0.25) is 0 Å². The fourth-order valence-corrected chi connectivity index (χ4v) is 3.17. The predicted octanol–water partition coefficient (Wildman–Crippen LogP) is 4.64. The van der Waals surface area contributed by atoms with Crippen LogP contribution in [-0.4, -0.2) is 38.8 Å². The Morgan fingerprint density at radius 2 is 1.64 bits per heavy atom. The van der Waals surface area contributed by atoms with E-state index in [9.17, 15) is 10.2 Å². The molecule has 0 saturated heterocycles. The van der Waals surface area contributed by atoms with Crippen molar-refractivity contribution in [2.45, 2.75) is 87.5 Å². The Kier molecular flexibility index (Phi) is 14.9. The molecule has 5 nitrogen and oxygen atoms in total. The van der Waals surface area contributed by atoms with E-state index >= 15 is 0 Å². The van der Waals surface area contributed by atoms with Crippen LogP contribution in [0.1, 0.15) is 80.3 Å². The number of nitrogens with zero attached hydrogens (tertiary/aromatic N) is 2. The molecule has 2 aromatic rings. The minimum atomic E-state index is 0.0800. The molecule has 0 saturated carbocycles. The van der Waals surface area contributed by atoms with Gasteiger partial charge in [-0.15, -0.1) is 0 Å². The van der Waals surface area contributed by atoms with Gasteiger partial charge in [0.1, 0.15) is 0 Å². The molecule has 1 aromatic heterocycles. The zero-order chi connectivity index (χ0) is 25.6. The third-order valence-corrected chi connectivity index (χ3v) is 4.58. The zero-order valence-electron chi connectivity index (χ0n) is 22.4. The van der Waals surface area contributed by atoms with Crippen LogP contribution < -0.4 is 16.0 Å². The number of phenolic OH excluding ortho intramolecular Hbond substituents is 2. The molecule has 1 heterocycles. The summed E-state index contributed by atoms with van der Waals surface area (Å²) in [5.74, 6) is 0.993. The van der Waals surface area contributed by atoms with E-state index in [0.717, 1.165) is 47.1 Å². The van der Waals surface area contributed by atoms with Gasteiger partial charge < -0.3 is 0 Å². The largest absolute Gasteiger partial charge is 0.0683 e. The fourth-order valence-electron chi connectivity index (χ4n) is 3.17. The van der Waals surface area contributed by atoms with Crippen LogP contribution in [0.25, 0.3) is 12.2 Å². The minimum absolute atomic E-state index is 0.0800. The molecule has 0 atom stereocenters. The van der Waals surface area contributed by atoms with Gasteiger partial charge in [-0.1, -0.05) is 34.6 Å². The summed E-state index contributed by atoms with van der Waals surface area (Å²) in [6, 6.07) is 5.03. The molecule has 0 aliphatic heterocycles. The number of aryl methyl sites for hydroxylation is 1. The van der Waals surface area contributed by atoms with Gasteiger partial charge in [0.25, 0.3) is 0 Å². The Balaban J connectivity index is 0.00000154. The second-order valence-electron chi connectivity index (χ2n) is 8.86. The van der Waals surface area contributed by atoms with Crippen LogP contribution in [0.15, 0.2) is 24.5 Å². The SMILES string of the molecule is C=c1/c(=C(\CB=C(C)NCC)CCc2cc(O)cc(O)c2)ncn1C(C)C.CC.CC(C)C. The van der Waals surface area contributed by atoms with Gasteiger partial charge >= 0.3 is 161 Å². The number of nitrogens with one attached hydrogen (secondary N) is 1.